The Hall–Kier alpha value is -1.50. The predicted octanol–water partition coefficient (Wildman–Crippen LogP) is 8.88. The molecule has 0 spiro atoms. The zero-order valence-corrected chi connectivity index (χ0v) is 29.4. The summed E-state index contributed by atoms with van der Waals surface area (Å²) in [6.45, 7) is 31.1. The number of hydrogen-bond acceptors (Lipinski definition) is 6. The molecule has 0 aromatic carbocycles. The summed E-state index contributed by atoms with van der Waals surface area (Å²) < 4.78 is 31.5. The van der Waals surface area contributed by atoms with E-state index in [1.807, 2.05) is 76.2 Å². The quantitative estimate of drug-likeness (QED) is 0.118. The van der Waals surface area contributed by atoms with Crippen molar-refractivity contribution in [2.24, 2.45) is 33.0 Å². The number of hydrogen-bond donors (Lipinski definition) is 0. The standard InChI is InChI=1S/C34H63FO6/c1-17-18-28(3,4)34(15,16)27(38)41-31(9,10)20-22-40-30(7,8)19-21-39-26(37)32(11,12)24(2)23-29(5,6)33(13,14)25(35)36/h24H,17-23H2,1-16H3. The molecule has 0 radical (unpaired) electrons. The molecule has 0 aliphatic rings. The molecule has 0 heterocycles. The zero-order valence-electron chi connectivity index (χ0n) is 29.4. The van der Waals surface area contributed by atoms with Crippen LogP contribution in [0.5, 0.6) is 0 Å². The summed E-state index contributed by atoms with van der Waals surface area (Å²) in [7, 11) is 0. The van der Waals surface area contributed by atoms with Gasteiger partial charge >= 0.3 is 18.0 Å². The monoisotopic (exact) mass is 586 g/mol. The fraction of sp³-hybridized carbons (Fsp3) is 0.912. The van der Waals surface area contributed by atoms with Crippen molar-refractivity contribution in [1.29, 1.82) is 0 Å². The summed E-state index contributed by atoms with van der Waals surface area (Å²) >= 11 is 0. The lowest BCUT2D eigenvalue weighted by molar-refractivity contribution is -0.177. The molecule has 0 fully saturated rings. The topological polar surface area (TPSA) is 78.9 Å². The van der Waals surface area contributed by atoms with Crippen LogP contribution < -0.4 is 0 Å². The van der Waals surface area contributed by atoms with Crippen molar-refractivity contribution in [3.05, 3.63) is 0 Å². The molecule has 0 amide bonds. The average Bonchev–Trinajstić information content (AvgIpc) is 2.77. The second-order valence-electron chi connectivity index (χ2n) is 16.3. The second kappa shape index (κ2) is 13.9. The van der Waals surface area contributed by atoms with Crippen molar-refractivity contribution in [1.82, 2.24) is 0 Å². The highest BCUT2D eigenvalue weighted by Crippen LogP contribution is 2.48. The molecule has 0 aromatic heterocycles. The number of carbonyl (C=O) groups excluding carboxylic acids is 3. The van der Waals surface area contributed by atoms with Gasteiger partial charge in [-0.05, 0) is 98.8 Å². The maximum atomic E-state index is 13.7. The van der Waals surface area contributed by atoms with Crippen molar-refractivity contribution in [3.63, 3.8) is 0 Å². The summed E-state index contributed by atoms with van der Waals surface area (Å²) in [5.74, 6) is -0.676. The normalized spacial score (nSPS) is 15.0. The Labute approximate surface area is 251 Å². The summed E-state index contributed by atoms with van der Waals surface area (Å²) in [5, 5.41) is 0. The highest BCUT2D eigenvalue weighted by atomic mass is 19.1. The Morgan fingerprint density at radius 1 is 0.659 bits per heavy atom. The van der Waals surface area contributed by atoms with Crippen LogP contribution in [-0.2, 0) is 28.6 Å². The molecule has 0 aliphatic heterocycles. The highest BCUT2D eigenvalue weighted by molar-refractivity contribution is 5.78. The Morgan fingerprint density at radius 2 is 1.15 bits per heavy atom. The minimum absolute atomic E-state index is 0.143. The van der Waals surface area contributed by atoms with Gasteiger partial charge in [0.05, 0.1) is 35.1 Å². The van der Waals surface area contributed by atoms with Crippen LogP contribution in [0.1, 0.15) is 143 Å². The van der Waals surface area contributed by atoms with Crippen molar-refractivity contribution in [2.75, 3.05) is 13.2 Å². The van der Waals surface area contributed by atoms with Crippen LogP contribution in [-0.4, -0.2) is 42.4 Å². The largest absolute Gasteiger partial charge is 0.465 e. The SMILES string of the molecule is CCCC(C)(C)C(C)(C)C(=O)OC(C)(C)CCOC(C)(C)CCOC(=O)C(C)(C)C(C)CC(C)(C)C(C)(C)C(=O)F. The van der Waals surface area contributed by atoms with Crippen LogP contribution in [0.3, 0.4) is 0 Å². The van der Waals surface area contributed by atoms with E-state index in [2.05, 4.69) is 20.8 Å². The van der Waals surface area contributed by atoms with Gasteiger partial charge in [-0.1, -0.05) is 48.0 Å². The van der Waals surface area contributed by atoms with E-state index in [4.69, 9.17) is 14.2 Å². The third-order valence-electron chi connectivity index (χ3n) is 10.3. The van der Waals surface area contributed by atoms with Gasteiger partial charge in [-0.25, -0.2) is 0 Å². The maximum Gasteiger partial charge on any atom is 0.312 e. The fourth-order valence-electron chi connectivity index (χ4n) is 4.61. The minimum atomic E-state index is -1.35. The third kappa shape index (κ3) is 10.6. The van der Waals surface area contributed by atoms with Gasteiger partial charge < -0.3 is 14.2 Å². The van der Waals surface area contributed by atoms with Gasteiger partial charge in [-0.15, -0.1) is 0 Å². The van der Waals surface area contributed by atoms with Crippen molar-refractivity contribution in [3.8, 4) is 0 Å². The minimum Gasteiger partial charge on any atom is -0.465 e. The second-order valence-corrected chi connectivity index (χ2v) is 16.3. The van der Waals surface area contributed by atoms with E-state index >= 15 is 0 Å². The first-order valence-electron chi connectivity index (χ1n) is 15.3. The molecule has 41 heavy (non-hydrogen) atoms. The number of ether oxygens (including phenoxy) is 3. The van der Waals surface area contributed by atoms with E-state index in [-0.39, 0.29) is 29.9 Å². The summed E-state index contributed by atoms with van der Waals surface area (Å²) in [6, 6.07) is -1.35. The Balaban J connectivity index is 4.96. The van der Waals surface area contributed by atoms with E-state index in [0.29, 0.717) is 25.9 Å². The van der Waals surface area contributed by atoms with Crippen molar-refractivity contribution < 1.29 is 33.0 Å². The van der Waals surface area contributed by atoms with Gasteiger partial charge in [0.25, 0.3) is 0 Å². The summed E-state index contributed by atoms with van der Waals surface area (Å²) in [6.07, 6.45) is 3.45. The van der Waals surface area contributed by atoms with Gasteiger partial charge in [0, 0.05) is 12.8 Å². The zero-order chi connectivity index (χ0) is 32.9. The average molecular weight is 587 g/mol. The van der Waals surface area contributed by atoms with Gasteiger partial charge in [0.2, 0.25) is 0 Å². The molecule has 7 heteroatoms. The van der Waals surface area contributed by atoms with Gasteiger partial charge in [-0.3, -0.25) is 14.4 Å². The molecule has 0 aromatic rings. The first-order valence-corrected chi connectivity index (χ1v) is 15.3. The number of halogens is 1. The molecule has 0 bridgehead atoms. The summed E-state index contributed by atoms with van der Waals surface area (Å²) in [5.41, 5.74) is -4.65. The van der Waals surface area contributed by atoms with E-state index in [9.17, 15) is 18.8 Å². The molecule has 6 nitrogen and oxygen atoms in total. The van der Waals surface area contributed by atoms with Crippen LogP contribution in [0.2, 0.25) is 0 Å². The molecule has 0 saturated heterocycles. The van der Waals surface area contributed by atoms with E-state index < -0.39 is 38.9 Å². The number of esters is 2. The van der Waals surface area contributed by atoms with Crippen molar-refractivity contribution >= 4 is 18.0 Å². The molecule has 0 saturated carbocycles. The van der Waals surface area contributed by atoms with E-state index in [1.165, 1.54) is 0 Å². The lowest BCUT2D eigenvalue weighted by Crippen LogP contribution is -2.44. The van der Waals surface area contributed by atoms with Crippen LogP contribution >= 0.6 is 0 Å². The molecule has 0 N–H and O–H groups in total. The fourth-order valence-corrected chi connectivity index (χ4v) is 4.61. The summed E-state index contributed by atoms with van der Waals surface area (Å²) in [4.78, 5) is 37.8. The number of carbonyl (C=O) groups is 3. The van der Waals surface area contributed by atoms with Gasteiger partial charge in [0.1, 0.15) is 5.60 Å². The molecule has 1 atom stereocenters. The van der Waals surface area contributed by atoms with Crippen LogP contribution in [0, 0.1) is 33.0 Å². The van der Waals surface area contributed by atoms with E-state index in [0.717, 1.165) is 12.8 Å². The molecule has 0 rings (SSSR count). The highest BCUT2D eigenvalue weighted by Gasteiger charge is 2.48. The molecule has 1 unspecified atom stereocenters. The lowest BCUT2D eigenvalue weighted by atomic mass is 9.61. The Morgan fingerprint density at radius 3 is 1.61 bits per heavy atom. The number of rotatable bonds is 18. The van der Waals surface area contributed by atoms with Crippen molar-refractivity contribution in [2.45, 2.75) is 154 Å². The van der Waals surface area contributed by atoms with Gasteiger partial charge in [-0.2, -0.15) is 4.39 Å². The van der Waals surface area contributed by atoms with Crippen LogP contribution in [0.25, 0.3) is 0 Å². The smallest absolute Gasteiger partial charge is 0.312 e. The van der Waals surface area contributed by atoms with Crippen LogP contribution in [0.4, 0.5) is 4.39 Å². The molecule has 0 aliphatic carbocycles. The van der Waals surface area contributed by atoms with Crippen LogP contribution in [0.15, 0.2) is 0 Å². The molecular formula is C34H63FO6. The first-order chi connectivity index (χ1) is 18.1. The van der Waals surface area contributed by atoms with Gasteiger partial charge in [0.15, 0.2) is 0 Å². The molecular weight excluding hydrogens is 523 g/mol. The maximum absolute atomic E-state index is 13.7. The predicted molar refractivity (Wildman–Crippen MR) is 164 cm³/mol. The van der Waals surface area contributed by atoms with E-state index in [1.54, 1.807) is 13.8 Å². The lowest BCUT2D eigenvalue weighted by Gasteiger charge is -2.42. The Kier molecular flexibility index (Phi) is 13.4. The molecule has 242 valence electrons. The third-order valence-corrected chi connectivity index (χ3v) is 10.3. The first kappa shape index (κ1) is 39.5. The Bertz CT molecular complexity index is 895.